The molecule has 0 fully saturated rings. The maximum atomic E-state index is 13.5. The normalized spacial score (nSPS) is 10.9. The van der Waals surface area contributed by atoms with Crippen molar-refractivity contribution in [1.29, 1.82) is 0 Å². The molecule has 8 nitrogen and oxygen atoms in total. The van der Waals surface area contributed by atoms with Crippen LogP contribution in [0.5, 0.6) is 0 Å². The minimum Gasteiger partial charge on any atom is -0.450 e. The van der Waals surface area contributed by atoms with Crippen LogP contribution in [0.3, 0.4) is 0 Å². The van der Waals surface area contributed by atoms with Crippen molar-refractivity contribution in [3.05, 3.63) is 66.7 Å². The highest BCUT2D eigenvalue weighted by Crippen LogP contribution is 2.38. The standard InChI is InChI=1S/C29H32FN5O3/c1-2-3-19-38-29(37)32-16-6-4-5-7-25(36)33-24-13-12-23-26(20-14-17-31-18-15-20)27(35-28(23)34-24)21-8-10-22(30)11-9-21/h8-15,17-18H,2-7,16,19H2,1H3,(H,32,37)(H2,33,34,35,36). The van der Waals surface area contributed by atoms with Crippen molar-refractivity contribution in [2.75, 3.05) is 18.5 Å². The molecule has 198 valence electrons. The molecule has 0 unspecified atom stereocenters. The summed E-state index contributed by atoms with van der Waals surface area (Å²) in [5, 5.41) is 6.47. The van der Waals surface area contributed by atoms with Crippen molar-refractivity contribution in [3.8, 4) is 22.4 Å². The van der Waals surface area contributed by atoms with Crippen LogP contribution in [0.2, 0.25) is 0 Å². The second-order valence-corrected chi connectivity index (χ2v) is 8.99. The van der Waals surface area contributed by atoms with Crippen LogP contribution in [-0.4, -0.2) is 40.1 Å². The van der Waals surface area contributed by atoms with Gasteiger partial charge in [-0.15, -0.1) is 0 Å². The summed E-state index contributed by atoms with van der Waals surface area (Å²) in [5.74, 6) is 0.0234. The van der Waals surface area contributed by atoms with Crippen LogP contribution >= 0.6 is 0 Å². The number of benzene rings is 1. The van der Waals surface area contributed by atoms with Gasteiger partial charge in [-0.2, -0.15) is 0 Å². The van der Waals surface area contributed by atoms with E-state index in [9.17, 15) is 14.0 Å². The number of anilines is 1. The first-order chi connectivity index (χ1) is 18.5. The summed E-state index contributed by atoms with van der Waals surface area (Å²) in [6, 6.07) is 13.8. The monoisotopic (exact) mass is 517 g/mol. The first-order valence-electron chi connectivity index (χ1n) is 12.9. The molecule has 3 heterocycles. The highest BCUT2D eigenvalue weighted by Gasteiger charge is 2.17. The van der Waals surface area contributed by atoms with Gasteiger partial charge in [0.1, 0.15) is 17.3 Å². The number of pyridine rings is 2. The molecule has 0 bridgehead atoms. The summed E-state index contributed by atoms with van der Waals surface area (Å²) in [6.45, 7) is 2.99. The average molecular weight is 518 g/mol. The van der Waals surface area contributed by atoms with Gasteiger partial charge in [0, 0.05) is 36.3 Å². The number of carbonyl (C=O) groups is 2. The Morgan fingerprint density at radius 3 is 2.50 bits per heavy atom. The van der Waals surface area contributed by atoms with Crippen molar-refractivity contribution < 1.29 is 18.7 Å². The Morgan fingerprint density at radius 2 is 1.74 bits per heavy atom. The Kier molecular flexibility index (Phi) is 9.39. The van der Waals surface area contributed by atoms with Crippen molar-refractivity contribution >= 4 is 28.9 Å². The number of hydrogen-bond acceptors (Lipinski definition) is 5. The smallest absolute Gasteiger partial charge is 0.407 e. The van der Waals surface area contributed by atoms with Gasteiger partial charge in [0.15, 0.2) is 0 Å². The number of nitrogens with one attached hydrogen (secondary N) is 3. The molecule has 0 aliphatic carbocycles. The molecule has 4 aromatic rings. The van der Waals surface area contributed by atoms with E-state index in [-0.39, 0.29) is 11.7 Å². The summed E-state index contributed by atoms with van der Waals surface area (Å²) in [6.07, 6.45) is 7.52. The summed E-state index contributed by atoms with van der Waals surface area (Å²) in [7, 11) is 0. The quantitative estimate of drug-likeness (QED) is 0.187. The second-order valence-electron chi connectivity index (χ2n) is 8.99. The van der Waals surface area contributed by atoms with Crippen LogP contribution in [0.1, 0.15) is 45.4 Å². The van der Waals surface area contributed by atoms with E-state index >= 15 is 0 Å². The predicted octanol–water partition coefficient (Wildman–Crippen LogP) is 6.46. The van der Waals surface area contributed by atoms with Gasteiger partial charge < -0.3 is 20.4 Å². The molecule has 3 N–H and O–H groups in total. The molecule has 0 saturated carbocycles. The fourth-order valence-corrected chi connectivity index (χ4v) is 4.14. The van der Waals surface area contributed by atoms with Gasteiger partial charge in [-0.05, 0) is 78.9 Å². The number of rotatable bonds is 12. The lowest BCUT2D eigenvalue weighted by molar-refractivity contribution is -0.116. The van der Waals surface area contributed by atoms with E-state index in [1.165, 1.54) is 12.1 Å². The first-order valence-corrected chi connectivity index (χ1v) is 12.9. The molecule has 0 radical (unpaired) electrons. The van der Waals surface area contributed by atoms with E-state index in [2.05, 4.69) is 25.6 Å². The number of hydrogen-bond donors (Lipinski definition) is 3. The molecule has 9 heteroatoms. The molecule has 38 heavy (non-hydrogen) atoms. The third-order valence-corrected chi connectivity index (χ3v) is 6.11. The fraction of sp³-hybridized carbons (Fsp3) is 0.310. The van der Waals surface area contributed by atoms with Gasteiger partial charge in [-0.1, -0.05) is 19.8 Å². The van der Waals surface area contributed by atoms with Gasteiger partial charge in [-0.3, -0.25) is 9.78 Å². The summed E-state index contributed by atoms with van der Waals surface area (Å²) in [4.78, 5) is 36.1. The van der Waals surface area contributed by atoms with Gasteiger partial charge in [-0.25, -0.2) is 14.2 Å². The Balaban J connectivity index is 1.36. The van der Waals surface area contributed by atoms with Crippen molar-refractivity contribution in [2.24, 2.45) is 0 Å². The molecule has 0 aliphatic rings. The number of unbranched alkanes of at least 4 members (excludes halogenated alkanes) is 3. The SMILES string of the molecule is CCCCOC(=O)NCCCCCC(=O)Nc1ccc2c(-c3ccncc3)c(-c3ccc(F)cc3)[nH]c2n1. The average Bonchev–Trinajstić information content (AvgIpc) is 3.30. The van der Waals surface area contributed by atoms with Crippen molar-refractivity contribution in [3.63, 3.8) is 0 Å². The molecule has 4 rings (SSSR count). The summed E-state index contributed by atoms with van der Waals surface area (Å²) in [5.41, 5.74) is 4.14. The predicted molar refractivity (Wildman–Crippen MR) is 146 cm³/mol. The Morgan fingerprint density at radius 1 is 0.947 bits per heavy atom. The molecule has 0 atom stereocenters. The van der Waals surface area contributed by atoms with E-state index < -0.39 is 6.09 Å². The van der Waals surface area contributed by atoms with Gasteiger partial charge >= 0.3 is 6.09 Å². The molecular formula is C29H32FN5O3. The van der Waals surface area contributed by atoms with Gasteiger partial charge in [0.2, 0.25) is 5.91 Å². The molecule has 2 amide bonds. The van der Waals surface area contributed by atoms with Crippen LogP contribution in [0.25, 0.3) is 33.4 Å². The van der Waals surface area contributed by atoms with Crippen LogP contribution in [-0.2, 0) is 9.53 Å². The third-order valence-electron chi connectivity index (χ3n) is 6.11. The Labute approximate surface area is 221 Å². The largest absolute Gasteiger partial charge is 0.450 e. The third kappa shape index (κ3) is 7.15. The number of alkyl carbamates (subject to hydrolysis) is 1. The number of fused-ring (bicyclic) bond motifs is 1. The maximum Gasteiger partial charge on any atom is 0.407 e. The lowest BCUT2D eigenvalue weighted by Gasteiger charge is -2.07. The topological polar surface area (TPSA) is 109 Å². The van der Waals surface area contributed by atoms with E-state index in [0.717, 1.165) is 53.5 Å². The van der Waals surface area contributed by atoms with Crippen LogP contribution in [0.15, 0.2) is 60.9 Å². The summed E-state index contributed by atoms with van der Waals surface area (Å²) < 4.78 is 18.6. The number of aromatic nitrogens is 3. The molecule has 0 spiro atoms. The minimum absolute atomic E-state index is 0.122. The Bertz CT molecular complexity index is 1360. The number of halogens is 1. The van der Waals surface area contributed by atoms with Gasteiger partial charge in [0.05, 0.1) is 12.3 Å². The number of aromatic amines is 1. The zero-order valence-corrected chi connectivity index (χ0v) is 21.4. The zero-order chi connectivity index (χ0) is 26.7. The van der Waals surface area contributed by atoms with Crippen molar-refractivity contribution in [2.45, 2.75) is 45.4 Å². The number of ether oxygens (including phenoxy) is 1. The van der Waals surface area contributed by atoms with E-state index in [1.807, 2.05) is 25.1 Å². The van der Waals surface area contributed by atoms with Crippen LogP contribution < -0.4 is 10.6 Å². The van der Waals surface area contributed by atoms with E-state index in [4.69, 9.17) is 4.74 Å². The number of amides is 2. The molecule has 1 aromatic carbocycles. The maximum absolute atomic E-state index is 13.5. The lowest BCUT2D eigenvalue weighted by Crippen LogP contribution is -2.25. The number of nitrogens with zero attached hydrogens (tertiary/aromatic N) is 2. The first kappa shape index (κ1) is 26.8. The Hall–Kier alpha value is -4.27. The van der Waals surface area contributed by atoms with Crippen LogP contribution in [0, 0.1) is 5.82 Å². The summed E-state index contributed by atoms with van der Waals surface area (Å²) >= 11 is 0. The fourth-order valence-electron chi connectivity index (χ4n) is 4.14. The number of H-pyrrole nitrogens is 1. The zero-order valence-electron chi connectivity index (χ0n) is 21.4. The van der Waals surface area contributed by atoms with Crippen molar-refractivity contribution in [1.82, 2.24) is 20.3 Å². The molecule has 0 saturated heterocycles. The highest BCUT2D eigenvalue weighted by atomic mass is 19.1. The van der Waals surface area contributed by atoms with E-state index in [0.29, 0.717) is 37.5 Å². The second kappa shape index (κ2) is 13.3. The molecular weight excluding hydrogens is 485 g/mol. The number of carbonyl (C=O) groups excluding carboxylic acids is 2. The highest BCUT2D eigenvalue weighted by molar-refractivity contribution is 6.03. The molecule has 0 aliphatic heterocycles. The van der Waals surface area contributed by atoms with Gasteiger partial charge in [0.25, 0.3) is 0 Å². The minimum atomic E-state index is -0.392. The van der Waals surface area contributed by atoms with E-state index in [1.54, 1.807) is 30.6 Å². The lowest BCUT2D eigenvalue weighted by atomic mass is 10.00. The van der Waals surface area contributed by atoms with Crippen LogP contribution in [0.4, 0.5) is 15.0 Å². The molecule has 3 aromatic heterocycles.